The van der Waals surface area contributed by atoms with Gasteiger partial charge in [0.25, 0.3) is 0 Å². The van der Waals surface area contributed by atoms with Gasteiger partial charge in [0.1, 0.15) is 5.82 Å². The second-order valence-corrected chi connectivity index (χ2v) is 11.0. The van der Waals surface area contributed by atoms with Gasteiger partial charge in [-0.2, -0.15) is 0 Å². The van der Waals surface area contributed by atoms with Gasteiger partial charge >= 0.3 is 0 Å². The highest BCUT2D eigenvalue weighted by atomic mass is 19.1. The van der Waals surface area contributed by atoms with E-state index < -0.39 is 0 Å². The van der Waals surface area contributed by atoms with Crippen LogP contribution >= 0.6 is 0 Å². The molecule has 0 aromatic heterocycles. The number of benzene rings is 2. The summed E-state index contributed by atoms with van der Waals surface area (Å²) in [6.45, 7) is 3.90. The Kier molecular flexibility index (Phi) is 6.49. The molecule has 0 heterocycles. The van der Waals surface area contributed by atoms with Crippen molar-refractivity contribution < 1.29 is 4.39 Å². The third-order valence-corrected chi connectivity index (χ3v) is 9.29. The van der Waals surface area contributed by atoms with Crippen LogP contribution in [0.1, 0.15) is 88.5 Å². The molecule has 0 N–H and O–H groups in total. The van der Waals surface area contributed by atoms with Crippen LogP contribution in [-0.2, 0) is 0 Å². The van der Waals surface area contributed by atoms with E-state index in [9.17, 15) is 4.39 Å². The third-order valence-electron chi connectivity index (χ3n) is 9.29. The van der Waals surface area contributed by atoms with Crippen molar-refractivity contribution in [2.24, 2.45) is 29.6 Å². The smallest absolute Gasteiger partial charge is 0.123 e. The molecule has 2 aromatic rings. The van der Waals surface area contributed by atoms with Crippen LogP contribution in [-0.4, -0.2) is 0 Å². The molecule has 3 aliphatic rings. The van der Waals surface area contributed by atoms with Crippen LogP contribution in [0, 0.1) is 35.4 Å². The van der Waals surface area contributed by atoms with Crippen molar-refractivity contribution in [2.45, 2.75) is 83.0 Å². The lowest BCUT2D eigenvalue weighted by molar-refractivity contribution is 0.0713. The lowest BCUT2D eigenvalue weighted by Gasteiger charge is -2.45. The molecular formula is C30H39F. The highest BCUT2D eigenvalue weighted by Gasteiger charge is 2.39. The fourth-order valence-electron chi connectivity index (χ4n) is 7.45. The molecule has 31 heavy (non-hydrogen) atoms. The molecule has 0 amide bonds. The zero-order valence-corrected chi connectivity index (χ0v) is 19.1. The SMILES string of the molecule is C=CCCC1CCC(C2CCC3CC(c4ccc5cc(F)ccc5c4)CCC3C2)CC1. The standard InChI is InChI=1S/C30H39F/c1-2-3-4-21-5-7-22(8-6-21)23-9-10-25-18-26(12-11-24(25)17-23)27-13-14-29-20-30(31)16-15-28(29)19-27/h2,13-16,19-26H,1,3-12,17-18H2. The van der Waals surface area contributed by atoms with Crippen LogP contribution in [0.2, 0.25) is 0 Å². The maximum Gasteiger partial charge on any atom is 0.123 e. The molecule has 0 aliphatic heterocycles. The van der Waals surface area contributed by atoms with Gasteiger partial charge in [-0.1, -0.05) is 43.2 Å². The van der Waals surface area contributed by atoms with Crippen molar-refractivity contribution in [2.75, 3.05) is 0 Å². The van der Waals surface area contributed by atoms with E-state index >= 15 is 0 Å². The molecule has 2 aromatic carbocycles. The molecule has 0 bridgehead atoms. The predicted octanol–water partition coefficient (Wildman–Crippen LogP) is 9.05. The Morgan fingerprint density at radius 3 is 2.19 bits per heavy atom. The summed E-state index contributed by atoms with van der Waals surface area (Å²) in [5.74, 6) is 5.47. The zero-order chi connectivity index (χ0) is 21.2. The number of halogens is 1. The zero-order valence-electron chi connectivity index (χ0n) is 19.1. The molecule has 3 aliphatic carbocycles. The normalized spacial score (nSPS) is 33.7. The molecule has 0 spiro atoms. The number of hydrogen-bond acceptors (Lipinski definition) is 0. The summed E-state index contributed by atoms with van der Waals surface area (Å²) in [5, 5.41) is 2.21. The van der Waals surface area contributed by atoms with Crippen LogP contribution in [0.3, 0.4) is 0 Å². The minimum Gasteiger partial charge on any atom is -0.207 e. The Balaban J connectivity index is 1.16. The lowest BCUT2D eigenvalue weighted by atomic mass is 9.60. The number of hydrogen-bond donors (Lipinski definition) is 0. The van der Waals surface area contributed by atoms with Gasteiger partial charge in [-0.15, -0.1) is 6.58 Å². The summed E-state index contributed by atoms with van der Waals surface area (Å²) in [5.41, 5.74) is 1.48. The molecule has 0 saturated heterocycles. The molecule has 4 atom stereocenters. The highest BCUT2D eigenvalue weighted by Crippen LogP contribution is 2.51. The minimum atomic E-state index is -0.136. The van der Waals surface area contributed by atoms with Gasteiger partial charge in [-0.25, -0.2) is 4.39 Å². The average molecular weight is 419 g/mol. The first-order chi connectivity index (χ1) is 15.2. The maximum absolute atomic E-state index is 13.5. The van der Waals surface area contributed by atoms with Crippen LogP contribution < -0.4 is 0 Å². The topological polar surface area (TPSA) is 0 Å². The van der Waals surface area contributed by atoms with Gasteiger partial charge in [-0.3, -0.25) is 0 Å². The Bertz CT molecular complexity index is 890. The Morgan fingerprint density at radius 2 is 1.39 bits per heavy atom. The molecule has 5 rings (SSSR count). The molecule has 0 radical (unpaired) electrons. The van der Waals surface area contributed by atoms with Gasteiger partial charge in [0.2, 0.25) is 0 Å². The third kappa shape index (κ3) is 4.76. The van der Waals surface area contributed by atoms with Gasteiger partial charge in [0, 0.05) is 0 Å². The summed E-state index contributed by atoms with van der Waals surface area (Å²) in [4.78, 5) is 0. The lowest BCUT2D eigenvalue weighted by Crippen LogP contribution is -2.34. The first-order valence-electron chi connectivity index (χ1n) is 13.0. The fourth-order valence-corrected chi connectivity index (χ4v) is 7.45. The van der Waals surface area contributed by atoms with E-state index in [2.05, 4.69) is 30.9 Å². The van der Waals surface area contributed by atoms with Crippen molar-refractivity contribution in [3.8, 4) is 0 Å². The van der Waals surface area contributed by atoms with E-state index in [4.69, 9.17) is 0 Å². The Morgan fingerprint density at radius 1 is 0.742 bits per heavy atom. The largest absolute Gasteiger partial charge is 0.207 e. The van der Waals surface area contributed by atoms with Crippen molar-refractivity contribution >= 4 is 10.8 Å². The summed E-state index contributed by atoms with van der Waals surface area (Å²) in [7, 11) is 0. The van der Waals surface area contributed by atoms with Crippen molar-refractivity contribution in [1.29, 1.82) is 0 Å². The highest BCUT2D eigenvalue weighted by molar-refractivity contribution is 5.83. The van der Waals surface area contributed by atoms with E-state index in [1.165, 1.54) is 88.0 Å². The summed E-state index contributed by atoms with van der Waals surface area (Å²) >= 11 is 0. The average Bonchev–Trinajstić information content (AvgIpc) is 2.82. The van der Waals surface area contributed by atoms with Crippen LogP contribution in [0.4, 0.5) is 4.39 Å². The quantitative estimate of drug-likeness (QED) is 0.425. The first kappa shape index (κ1) is 21.2. The van der Waals surface area contributed by atoms with E-state index in [0.29, 0.717) is 5.92 Å². The summed E-state index contributed by atoms with van der Waals surface area (Å²) in [6, 6.07) is 11.9. The Labute approximate surface area is 188 Å². The number of rotatable bonds is 5. The van der Waals surface area contributed by atoms with E-state index in [0.717, 1.165) is 35.0 Å². The number of fused-ring (bicyclic) bond motifs is 2. The van der Waals surface area contributed by atoms with Gasteiger partial charge < -0.3 is 0 Å². The Hall–Kier alpha value is -1.63. The van der Waals surface area contributed by atoms with E-state index in [1.807, 2.05) is 6.07 Å². The van der Waals surface area contributed by atoms with Crippen LogP contribution in [0.5, 0.6) is 0 Å². The number of allylic oxidation sites excluding steroid dienone is 1. The van der Waals surface area contributed by atoms with Gasteiger partial charge in [0.15, 0.2) is 0 Å². The summed E-state index contributed by atoms with van der Waals surface area (Å²) < 4.78 is 13.5. The first-order valence-corrected chi connectivity index (χ1v) is 13.0. The van der Waals surface area contributed by atoms with Crippen LogP contribution in [0.25, 0.3) is 10.8 Å². The monoisotopic (exact) mass is 418 g/mol. The molecule has 1 heteroatoms. The van der Waals surface area contributed by atoms with Crippen molar-refractivity contribution in [1.82, 2.24) is 0 Å². The van der Waals surface area contributed by atoms with Gasteiger partial charge in [-0.05, 0) is 128 Å². The molecular weight excluding hydrogens is 379 g/mol. The molecule has 166 valence electrons. The second kappa shape index (κ2) is 9.47. The second-order valence-electron chi connectivity index (χ2n) is 11.0. The van der Waals surface area contributed by atoms with Crippen molar-refractivity contribution in [3.05, 3.63) is 60.4 Å². The molecule has 0 nitrogen and oxygen atoms in total. The fraction of sp³-hybridized carbons (Fsp3) is 0.600. The molecule has 3 saturated carbocycles. The maximum atomic E-state index is 13.5. The minimum absolute atomic E-state index is 0.136. The van der Waals surface area contributed by atoms with E-state index in [-0.39, 0.29) is 5.82 Å². The predicted molar refractivity (Wildman–Crippen MR) is 130 cm³/mol. The van der Waals surface area contributed by atoms with Crippen molar-refractivity contribution in [3.63, 3.8) is 0 Å². The van der Waals surface area contributed by atoms with E-state index in [1.54, 1.807) is 12.1 Å². The van der Waals surface area contributed by atoms with Gasteiger partial charge in [0.05, 0.1) is 0 Å². The van der Waals surface area contributed by atoms with Crippen LogP contribution in [0.15, 0.2) is 49.1 Å². The molecule has 4 unspecified atom stereocenters. The summed E-state index contributed by atoms with van der Waals surface area (Å²) in [6.07, 6.45) is 19.2. The molecule has 3 fully saturated rings.